The zero-order valence-electron chi connectivity index (χ0n) is 18.1. The molecule has 3 aliphatic heterocycles. The Morgan fingerprint density at radius 1 is 1.37 bits per heavy atom. The lowest BCUT2D eigenvalue weighted by atomic mass is 9.98. The van der Waals surface area contributed by atoms with Crippen LogP contribution in [0.15, 0.2) is 4.99 Å². The first kappa shape index (κ1) is 21.7. The summed E-state index contributed by atoms with van der Waals surface area (Å²) in [5, 5.41) is 14.2. The van der Waals surface area contributed by atoms with Crippen LogP contribution in [-0.4, -0.2) is 94.1 Å². The Kier molecular flexibility index (Phi) is 5.83. The topological polar surface area (TPSA) is 112 Å². The minimum atomic E-state index is -1.20. The molecule has 3 aliphatic rings. The fourth-order valence-corrected chi connectivity index (χ4v) is 4.43. The van der Waals surface area contributed by atoms with Gasteiger partial charge in [0.05, 0.1) is 6.54 Å². The third kappa shape index (κ3) is 3.88. The number of likely N-dealkylation sites (tertiary alicyclic amines) is 1. The molecule has 0 spiro atoms. The van der Waals surface area contributed by atoms with Crippen LogP contribution in [0.3, 0.4) is 0 Å². The van der Waals surface area contributed by atoms with Gasteiger partial charge in [0.2, 0.25) is 5.96 Å². The van der Waals surface area contributed by atoms with Crippen molar-refractivity contribution < 1.29 is 19.5 Å². The van der Waals surface area contributed by atoms with E-state index in [9.17, 15) is 19.5 Å². The van der Waals surface area contributed by atoms with E-state index in [4.69, 9.17) is 4.99 Å². The van der Waals surface area contributed by atoms with Gasteiger partial charge in [-0.05, 0) is 40.5 Å². The molecule has 1 N–H and O–H groups in total. The van der Waals surface area contributed by atoms with Crippen molar-refractivity contribution in [2.45, 2.75) is 64.3 Å². The van der Waals surface area contributed by atoms with Gasteiger partial charge in [-0.2, -0.15) is 0 Å². The molecular formula is C20H29N6O4-. The molecule has 2 saturated heterocycles. The molecule has 2 fully saturated rings. The number of rotatable bonds is 2. The number of aliphatic imine (C=N–C) groups is 1. The van der Waals surface area contributed by atoms with E-state index in [0.29, 0.717) is 19.0 Å². The minimum Gasteiger partial charge on any atom is -0.530 e. The zero-order chi connectivity index (χ0) is 22.2. The number of nitrogens with zero attached hydrogens (tertiary/aromatic N) is 5. The number of carbonyl (C=O) groups excluding carboxylic acids is 3. The summed E-state index contributed by atoms with van der Waals surface area (Å²) in [6.07, 6.45) is -0.349. The first-order valence-corrected chi connectivity index (χ1v) is 10.1. The molecule has 164 valence electrons. The number of hydrogen-bond donors (Lipinski definition) is 1. The largest absolute Gasteiger partial charge is 0.530 e. The second-order valence-corrected chi connectivity index (χ2v) is 8.80. The predicted molar refractivity (Wildman–Crippen MR) is 108 cm³/mol. The molecule has 0 aromatic heterocycles. The number of hydrogen-bond acceptors (Lipinski definition) is 7. The van der Waals surface area contributed by atoms with E-state index in [2.05, 4.69) is 17.2 Å². The van der Waals surface area contributed by atoms with Gasteiger partial charge in [-0.1, -0.05) is 5.92 Å². The van der Waals surface area contributed by atoms with Crippen molar-refractivity contribution in [2.75, 3.05) is 26.7 Å². The van der Waals surface area contributed by atoms with Crippen molar-refractivity contribution in [1.82, 2.24) is 24.9 Å². The van der Waals surface area contributed by atoms with Crippen LogP contribution in [0.1, 0.15) is 40.5 Å². The number of imide groups is 1. The van der Waals surface area contributed by atoms with E-state index in [0.717, 1.165) is 12.8 Å². The van der Waals surface area contributed by atoms with Crippen LogP contribution in [-0.2, 0) is 4.79 Å². The SMILES string of the molecule is CC#CCN1C(N2CCC[C@@H](N(C(=O)[O-])C(C)(C)C)C2)=NC2C1C(=O)NC(=O)N2C. The number of carbonyl (C=O) groups is 3. The van der Waals surface area contributed by atoms with E-state index in [1.807, 2.05) is 30.6 Å². The van der Waals surface area contributed by atoms with Crippen molar-refractivity contribution >= 4 is 24.0 Å². The smallest absolute Gasteiger partial charge is 0.325 e. The van der Waals surface area contributed by atoms with Crippen molar-refractivity contribution in [3.05, 3.63) is 0 Å². The molecule has 10 heteroatoms. The van der Waals surface area contributed by atoms with Gasteiger partial charge in [-0.25, -0.2) is 9.79 Å². The molecule has 2 unspecified atom stereocenters. The fraction of sp³-hybridized carbons (Fsp3) is 0.700. The van der Waals surface area contributed by atoms with Crippen LogP contribution in [0, 0.1) is 11.8 Å². The van der Waals surface area contributed by atoms with E-state index < -0.39 is 35.8 Å². The second kappa shape index (κ2) is 8.05. The maximum atomic E-state index is 12.6. The Morgan fingerprint density at radius 3 is 2.67 bits per heavy atom. The van der Waals surface area contributed by atoms with Crippen molar-refractivity contribution in [3.8, 4) is 11.8 Å². The van der Waals surface area contributed by atoms with Crippen LogP contribution in [0.4, 0.5) is 9.59 Å². The van der Waals surface area contributed by atoms with Crippen LogP contribution >= 0.6 is 0 Å². The third-order valence-electron chi connectivity index (χ3n) is 5.73. The van der Waals surface area contributed by atoms with Crippen LogP contribution < -0.4 is 10.4 Å². The number of likely N-dealkylation sites (N-methyl/N-ethyl adjacent to an activating group) is 1. The van der Waals surface area contributed by atoms with Gasteiger partial charge in [-0.15, -0.1) is 5.92 Å². The second-order valence-electron chi connectivity index (χ2n) is 8.80. The molecule has 3 rings (SSSR count). The lowest BCUT2D eigenvalue weighted by Crippen LogP contribution is -2.65. The van der Waals surface area contributed by atoms with E-state index in [1.165, 1.54) is 9.80 Å². The lowest BCUT2D eigenvalue weighted by molar-refractivity contribution is -0.274. The first-order valence-electron chi connectivity index (χ1n) is 10.1. The molecule has 0 aromatic rings. The van der Waals surface area contributed by atoms with E-state index >= 15 is 0 Å². The summed E-state index contributed by atoms with van der Waals surface area (Å²) in [6.45, 7) is 8.65. The Bertz CT molecular complexity index is 823. The Labute approximate surface area is 176 Å². The average molecular weight is 417 g/mol. The summed E-state index contributed by atoms with van der Waals surface area (Å²) in [4.78, 5) is 47.8. The molecule has 0 saturated carbocycles. The molecule has 4 amide bonds. The van der Waals surface area contributed by atoms with Crippen molar-refractivity contribution in [1.29, 1.82) is 0 Å². The highest BCUT2D eigenvalue weighted by Gasteiger charge is 2.50. The number of amides is 4. The van der Waals surface area contributed by atoms with Gasteiger partial charge in [0.25, 0.3) is 5.91 Å². The van der Waals surface area contributed by atoms with Crippen LogP contribution in [0.25, 0.3) is 0 Å². The lowest BCUT2D eigenvalue weighted by Gasteiger charge is -2.48. The zero-order valence-corrected chi connectivity index (χ0v) is 18.1. The van der Waals surface area contributed by atoms with Crippen molar-refractivity contribution in [2.24, 2.45) is 4.99 Å². The molecule has 3 atom stereocenters. The molecule has 30 heavy (non-hydrogen) atoms. The first-order chi connectivity index (χ1) is 14.1. The van der Waals surface area contributed by atoms with Crippen LogP contribution in [0.2, 0.25) is 0 Å². The summed E-state index contributed by atoms with van der Waals surface area (Å²) in [5.41, 5.74) is -0.599. The molecular weight excluding hydrogens is 388 g/mol. The fourth-order valence-electron chi connectivity index (χ4n) is 4.43. The van der Waals surface area contributed by atoms with E-state index in [1.54, 1.807) is 14.0 Å². The Hall–Kier alpha value is -2.96. The number of piperidine rings is 1. The van der Waals surface area contributed by atoms with Crippen LogP contribution in [0.5, 0.6) is 0 Å². The highest BCUT2D eigenvalue weighted by Crippen LogP contribution is 2.29. The summed E-state index contributed by atoms with van der Waals surface area (Å²) < 4.78 is 0. The number of nitrogens with one attached hydrogen (secondary N) is 1. The predicted octanol–water partition coefficient (Wildman–Crippen LogP) is -0.534. The monoisotopic (exact) mass is 417 g/mol. The maximum Gasteiger partial charge on any atom is 0.325 e. The number of urea groups is 1. The molecule has 0 radical (unpaired) electrons. The Balaban J connectivity index is 1.91. The van der Waals surface area contributed by atoms with Gasteiger partial charge >= 0.3 is 6.03 Å². The molecule has 0 aliphatic carbocycles. The summed E-state index contributed by atoms with van der Waals surface area (Å²) >= 11 is 0. The minimum absolute atomic E-state index is 0.263. The highest BCUT2D eigenvalue weighted by molar-refractivity contribution is 6.03. The standard InChI is InChI=1S/C20H30N6O4/c1-6-7-11-25-14-15(23(5)18(28)22-16(14)27)21-17(25)24-10-8-9-13(12-24)26(19(29)30)20(2,3)4/h13-15H,8-12H2,1-5H3,(H,29,30)(H,22,27,28)/p-1/t13-,14?,15?/m1/s1. The molecule has 3 heterocycles. The van der Waals surface area contributed by atoms with Gasteiger partial charge < -0.3 is 29.5 Å². The number of guanidine groups is 1. The average Bonchev–Trinajstić information content (AvgIpc) is 3.03. The van der Waals surface area contributed by atoms with Gasteiger partial charge in [-0.3, -0.25) is 10.1 Å². The van der Waals surface area contributed by atoms with E-state index in [-0.39, 0.29) is 12.6 Å². The normalized spacial score (nSPS) is 26.5. The number of carboxylic acid groups (broad SMARTS) is 1. The van der Waals surface area contributed by atoms with Gasteiger partial charge in [0.15, 0.2) is 12.2 Å². The quantitative estimate of drug-likeness (QED) is 0.605. The Morgan fingerprint density at radius 2 is 2.07 bits per heavy atom. The maximum absolute atomic E-state index is 12.6. The van der Waals surface area contributed by atoms with Gasteiger partial charge in [0.1, 0.15) is 6.09 Å². The highest BCUT2D eigenvalue weighted by atomic mass is 16.4. The summed E-state index contributed by atoms with van der Waals surface area (Å²) in [6, 6.07) is -1.41. The van der Waals surface area contributed by atoms with Crippen molar-refractivity contribution in [3.63, 3.8) is 0 Å². The summed E-state index contributed by atoms with van der Waals surface area (Å²) in [5.74, 6) is 5.99. The van der Waals surface area contributed by atoms with Gasteiger partial charge in [0, 0.05) is 31.7 Å². The third-order valence-corrected chi connectivity index (χ3v) is 5.73. The summed E-state index contributed by atoms with van der Waals surface area (Å²) in [7, 11) is 1.60. The molecule has 0 bridgehead atoms. The molecule has 10 nitrogen and oxygen atoms in total. The number of fused-ring (bicyclic) bond motifs is 1. The molecule has 0 aromatic carbocycles.